The molecule has 0 aliphatic rings. The van der Waals surface area contributed by atoms with Crippen LogP contribution in [0, 0.1) is 0 Å². The van der Waals surface area contributed by atoms with Crippen LogP contribution >= 0.6 is 0 Å². The fourth-order valence-corrected chi connectivity index (χ4v) is 1.45. The molecule has 88 valence electrons. The highest BCUT2D eigenvalue weighted by atomic mass is 16.5. The lowest BCUT2D eigenvalue weighted by molar-refractivity contribution is 0.306. The lowest BCUT2D eigenvalue weighted by atomic mass is 9.80. The number of hydrogen-bond acceptors (Lipinski definition) is 4. The van der Waals surface area contributed by atoms with Crippen LogP contribution < -0.4 is 10.2 Å². The molecule has 5 nitrogen and oxygen atoms in total. The summed E-state index contributed by atoms with van der Waals surface area (Å²) in [4.78, 5) is 0. The summed E-state index contributed by atoms with van der Waals surface area (Å²) >= 11 is 0. The molecular weight excluding hydrogens is 219 g/mol. The van der Waals surface area contributed by atoms with E-state index < -0.39 is 7.12 Å². The highest BCUT2D eigenvalue weighted by Gasteiger charge is 2.09. The van der Waals surface area contributed by atoms with Gasteiger partial charge in [-0.1, -0.05) is 12.1 Å². The van der Waals surface area contributed by atoms with Crippen molar-refractivity contribution < 1.29 is 14.8 Å². The predicted octanol–water partition coefficient (Wildman–Crippen LogP) is -0.321. The lowest BCUT2D eigenvalue weighted by Gasteiger charge is -2.05. The third-order valence-corrected chi connectivity index (χ3v) is 2.34. The number of ether oxygens (including phenoxy) is 1. The molecule has 0 atom stereocenters. The average Bonchev–Trinajstić information content (AvgIpc) is 2.73. The van der Waals surface area contributed by atoms with E-state index in [4.69, 9.17) is 14.8 Å². The summed E-state index contributed by atoms with van der Waals surface area (Å²) in [5.41, 5.74) is 1.43. The van der Waals surface area contributed by atoms with E-state index in [0.717, 1.165) is 5.56 Å². The second-order valence-corrected chi connectivity index (χ2v) is 3.75. The minimum absolute atomic E-state index is 0.439. The van der Waals surface area contributed by atoms with Crippen LogP contribution in [-0.4, -0.2) is 26.9 Å². The summed E-state index contributed by atoms with van der Waals surface area (Å²) in [6.07, 6.45) is 3.62. The monoisotopic (exact) mass is 232 g/mol. The van der Waals surface area contributed by atoms with Crippen LogP contribution in [0.4, 0.5) is 0 Å². The maximum Gasteiger partial charge on any atom is 0.488 e. The average molecular weight is 232 g/mol. The van der Waals surface area contributed by atoms with Gasteiger partial charge < -0.3 is 14.8 Å². The van der Waals surface area contributed by atoms with E-state index in [1.807, 2.05) is 13.2 Å². The molecular formula is C11H13BN2O3. The van der Waals surface area contributed by atoms with Crippen LogP contribution in [0.25, 0.3) is 0 Å². The zero-order chi connectivity index (χ0) is 12.3. The van der Waals surface area contributed by atoms with Crippen molar-refractivity contribution in [3.63, 3.8) is 0 Å². The Morgan fingerprint density at radius 2 is 2.00 bits per heavy atom. The molecule has 2 aromatic rings. The maximum absolute atomic E-state index is 8.93. The largest absolute Gasteiger partial charge is 0.489 e. The van der Waals surface area contributed by atoms with E-state index in [2.05, 4.69) is 5.10 Å². The molecule has 0 unspecified atom stereocenters. The van der Waals surface area contributed by atoms with Gasteiger partial charge in [-0.15, -0.1) is 0 Å². The maximum atomic E-state index is 8.93. The molecule has 0 aliphatic heterocycles. The Morgan fingerprint density at radius 1 is 1.29 bits per heavy atom. The van der Waals surface area contributed by atoms with E-state index in [0.29, 0.717) is 17.8 Å². The fraction of sp³-hybridized carbons (Fsp3) is 0.182. The van der Waals surface area contributed by atoms with Crippen molar-refractivity contribution in [2.75, 3.05) is 0 Å². The molecule has 0 spiro atoms. The van der Waals surface area contributed by atoms with Crippen molar-refractivity contribution in [3.8, 4) is 5.75 Å². The van der Waals surface area contributed by atoms with Crippen molar-refractivity contribution in [1.82, 2.24) is 9.78 Å². The Morgan fingerprint density at radius 3 is 2.53 bits per heavy atom. The second kappa shape index (κ2) is 5.03. The zero-order valence-electron chi connectivity index (χ0n) is 9.45. The van der Waals surface area contributed by atoms with Crippen molar-refractivity contribution in [2.45, 2.75) is 6.61 Å². The van der Waals surface area contributed by atoms with Gasteiger partial charge in [0.25, 0.3) is 0 Å². The lowest BCUT2D eigenvalue weighted by Crippen LogP contribution is -2.29. The van der Waals surface area contributed by atoms with E-state index in [1.54, 1.807) is 35.1 Å². The summed E-state index contributed by atoms with van der Waals surface area (Å²) in [5.74, 6) is 0.679. The molecule has 0 amide bonds. The normalized spacial score (nSPS) is 10.3. The first kappa shape index (κ1) is 11.7. The molecule has 0 radical (unpaired) electrons. The van der Waals surface area contributed by atoms with Gasteiger partial charge in [0.1, 0.15) is 12.4 Å². The van der Waals surface area contributed by atoms with Gasteiger partial charge in [0, 0.05) is 18.8 Å². The molecule has 17 heavy (non-hydrogen) atoms. The third kappa shape index (κ3) is 3.09. The highest BCUT2D eigenvalue weighted by Crippen LogP contribution is 2.10. The summed E-state index contributed by atoms with van der Waals surface area (Å²) in [5, 5.41) is 21.9. The molecule has 0 saturated heterocycles. The van der Waals surface area contributed by atoms with E-state index >= 15 is 0 Å². The topological polar surface area (TPSA) is 67.5 Å². The Kier molecular flexibility index (Phi) is 3.46. The van der Waals surface area contributed by atoms with Crippen LogP contribution in [0.1, 0.15) is 5.56 Å². The number of aromatic nitrogens is 2. The Hall–Kier alpha value is -1.79. The van der Waals surface area contributed by atoms with Gasteiger partial charge >= 0.3 is 7.12 Å². The van der Waals surface area contributed by atoms with E-state index in [1.165, 1.54) is 0 Å². The molecule has 1 aromatic carbocycles. The minimum Gasteiger partial charge on any atom is -0.489 e. The summed E-state index contributed by atoms with van der Waals surface area (Å²) in [6.45, 7) is 0.439. The van der Waals surface area contributed by atoms with Crippen LogP contribution in [0.2, 0.25) is 0 Å². The first-order chi connectivity index (χ1) is 8.15. The SMILES string of the molecule is Cn1cc(COc2ccc(B(O)O)cc2)cn1. The van der Waals surface area contributed by atoms with Gasteiger partial charge in [0.05, 0.1) is 6.20 Å². The van der Waals surface area contributed by atoms with E-state index in [-0.39, 0.29) is 0 Å². The fourth-order valence-electron chi connectivity index (χ4n) is 1.45. The van der Waals surface area contributed by atoms with Gasteiger partial charge in [-0.2, -0.15) is 5.10 Å². The van der Waals surface area contributed by atoms with Crippen LogP contribution in [-0.2, 0) is 13.7 Å². The summed E-state index contributed by atoms with van der Waals surface area (Å²) < 4.78 is 7.24. The minimum atomic E-state index is -1.44. The van der Waals surface area contributed by atoms with Crippen molar-refractivity contribution in [1.29, 1.82) is 0 Å². The third-order valence-electron chi connectivity index (χ3n) is 2.34. The standard InChI is InChI=1S/C11H13BN2O3/c1-14-7-9(6-13-14)8-17-11-4-2-10(3-5-11)12(15)16/h2-7,15-16H,8H2,1H3. The smallest absolute Gasteiger partial charge is 0.488 e. The van der Waals surface area contributed by atoms with Gasteiger partial charge in [-0.25, -0.2) is 0 Å². The Balaban J connectivity index is 1.95. The zero-order valence-corrected chi connectivity index (χ0v) is 9.45. The molecule has 2 rings (SSSR count). The summed E-state index contributed by atoms with van der Waals surface area (Å²) in [7, 11) is 0.406. The molecule has 0 fully saturated rings. The van der Waals surface area contributed by atoms with Crippen LogP contribution in [0.15, 0.2) is 36.7 Å². The number of nitrogens with zero attached hydrogens (tertiary/aromatic N) is 2. The first-order valence-electron chi connectivity index (χ1n) is 5.21. The number of benzene rings is 1. The Bertz CT molecular complexity index is 482. The van der Waals surface area contributed by atoms with Crippen molar-refractivity contribution in [2.24, 2.45) is 7.05 Å². The first-order valence-corrected chi connectivity index (χ1v) is 5.21. The van der Waals surface area contributed by atoms with Crippen molar-refractivity contribution in [3.05, 3.63) is 42.2 Å². The molecule has 1 aromatic heterocycles. The van der Waals surface area contributed by atoms with Gasteiger partial charge in [-0.3, -0.25) is 4.68 Å². The van der Waals surface area contributed by atoms with Crippen LogP contribution in [0.5, 0.6) is 5.75 Å². The molecule has 0 bridgehead atoms. The van der Waals surface area contributed by atoms with E-state index in [9.17, 15) is 0 Å². The molecule has 6 heteroatoms. The highest BCUT2D eigenvalue weighted by molar-refractivity contribution is 6.58. The summed E-state index contributed by atoms with van der Waals surface area (Å²) in [6, 6.07) is 6.63. The quantitative estimate of drug-likeness (QED) is 0.709. The molecule has 0 aliphatic carbocycles. The second-order valence-electron chi connectivity index (χ2n) is 3.75. The van der Waals surface area contributed by atoms with Crippen molar-refractivity contribution >= 4 is 12.6 Å². The number of hydrogen-bond donors (Lipinski definition) is 2. The van der Waals surface area contributed by atoms with Gasteiger partial charge in [0.15, 0.2) is 0 Å². The van der Waals surface area contributed by atoms with Gasteiger partial charge in [-0.05, 0) is 17.6 Å². The predicted molar refractivity (Wildman–Crippen MR) is 63.8 cm³/mol. The van der Waals surface area contributed by atoms with Gasteiger partial charge in [0.2, 0.25) is 0 Å². The number of rotatable bonds is 4. The molecule has 2 N–H and O–H groups in total. The molecule has 0 saturated carbocycles. The Labute approximate surface area is 99.4 Å². The molecule has 1 heterocycles. The number of aryl methyl sites for hydroxylation is 1. The van der Waals surface area contributed by atoms with Crippen LogP contribution in [0.3, 0.4) is 0 Å².